The summed E-state index contributed by atoms with van der Waals surface area (Å²) in [5.41, 5.74) is 3.75. The van der Waals surface area contributed by atoms with Crippen LogP contribution in [0.2, 0.25) is 0 Å². The number of aromatic nitrogens is 3. The van der Waals surface area contributed by atoms with Crippen molar-refractivity contribution in [3.05, 3.63) is 52.1 Å². The first kappa shape index (κ1) is 16.9. The van der Waals surface area contributed by atoms with Gasteiger partial charge in [-0.15, -0.1) is 11.3 Å². The number of nitrogens with one attached hydrogen (secondary N) is 1. The summed E-state index contributed by atoms with van der Waals surface area (Å²) in [5.74, 6) is 0.831. The van der Waals surface area contributed by atoms with Crippen LogP contribution in [0.4, 0.5) is 0 Å². The van der Waals surface area contributed by atoms with Crippen LogP contribution >= 0.6 is 11.3 Å². The Bertz CT molecular complexity index is 913. The molecule has 1 amide bonds. The van der Waals surface area contributed by atoms with Gasteiger partial charge in [0.15, 0.2) is 0 Å². The predicted octanol–water partition coefficient (Wildman–Crippen LogP) is 3.23. The van der Waals surface area contributed by atoms with Gasteiger partial charge in [0.05, 0.1) is 29.2 Å². The lowest BCUT2D eigenvalue weighted by Crippen LogP contribution is -2.33. The first-order valence-corrected chi connectivity index (χ1v) is 9.53. The molecule has 1 aliphatic rings. The zero-order valence-electron chi connectivity index (χ0n) is 14.8. The summed E-state index contributed by atoms with van der Waals surface area (Å²) in [6.07, 6.45) is 4.16. The fourth-order valence-electron chi connectivity index (χ4n) is 3.32. The van der Waals surface area contributed by atoms with Crippen LogP contribution in [0.3, 0.4) is 0 Å². The van der Waals surface area contributed by atoms with Crippen molar-refractivity contribution in [3.63, 3.8) is 0 Å². The molecule has 1 N–H and O–H groups in total. The van der Waals surface area contributed by atoms with Crippen LogP contribution < -0.4 is 5.32 Å². The summed E-state index contributed by atoms with van der Waals surface area (Å²) >= 11 is 1.69. The van der Waals surface area contributed by atoms with Gasteiger partial charge in [-0.25, -0.2) is 4.98 Å². The van der Waals surface area contributed by atoms with E-state index in [-0.39, 0.29) is 11.8 Å². The van der Waals surface area contributed by atoms with Gasteiger partial charge in [-0.1, -0.05) is 11.2 Å². The van der Waals surface area contributed by atoms with Crippen LogP contribution in [-0.2, 0) is 24.2 Å². The Morgan fingerprint density at radius 1 is 1.38 bits per heavy atom. The standard InChI is InChI=1S/C19H20N4O2S/c1-11-17(12(2)25-23-11)19-22-15-9-13(6-7-16(15)26-19)18(24)21-10-14-5-3-4-8-20-14/h3-5,8,13H,6-7,9-10H2,1-2H3,(H,21,24). The number of carbonyl (C=O) groups excluding carboxylic acids is 1. The van der Waals surface area contributed by atoms with E-state index in [1.54, 1.807) is 17.5 Å². The minimum absolute atomic E-state index is 0.0363. The fraction of sp³-hybridized carbons (Fsp3) is 0.368. The van der Waals surface area contributed by atoms with Crippen molar-refractivity contribution in [2.24, 2.45) is 5.92 Å². The summed E-state index contributed by atoms with van der Waals surface area (Å²) in [5, 5.41) is 7.96. The number of rotatable bonds is 4. The summed E-state index contributed by atoms with van der Waals surface area (Å²) in [6.45, 7) is 4.30. The number of hydrogen-bond acceptors (Lipinski definition) is 6. The average molecular weight is 368 g/mol. The number of aryl methyl sites for hydroxylation is 3. The summed E-state index contributed by atoms with van der Waals surface area (Å²) < 4.78 is 5.26. The number of thiazole rings is 1. The third kappa shape index (κ3) is 3.26. The second-order valence-corrected chi connectivity index (χ2v) is 7.65. The Morgan fingerprint density at radius 2 is 2.27 bits per heavy atom. The molecule has 0 saturated heterocycles. The van der Waals surface area contributed by atoms with Gasteiger partial charge in [0.1, 0.15) is 10.8 Å². The second kappa shape index (κ2) is 6.99. The molecular formula is C19H20N4O2S. The molecule has 0 aliphatic heterocycles. The molecule has 0 spiro atoms. The number of amides is 1. The highest BCUT2D eigenvalue weighted by Crippen LogP contribution is 2.36. The molecule has 1 unspecified atom stereocenters. The highest BCUT2D eigenvalue weighted by Gasteiger charge is 2.28. The molecule has 3 aromatic heterocycles. The third-order valence-electron chi connectivity index (χ3n) is 4.73. The number of nitrogens with zero attached hydrogens (tertiary/aromatic N) is 3. The number of fused-ring (bicyclic) bond motifs is 1. The number of carbonyl (C=O) groups is 1. The molecule has 6 nitrogen and oxygen atoms in total. The quantitative estimate of drug-likeness (QED) is 0.765. The Hall–Kier alpha value is -2.54. The molecule has 4 rings (SSSR count). The second-order valence-electron chi connectivity index (χ2n) is 6.57. The summed E-state index contributed by atoms with van der Waals surface area (Å²) in [7, 11) is 0. The molecule has 3 heterocycles. The van der Waals surface area contributed by atoms with E-state index in [2.05, 4.69) is 15.5 Å². The zero-order valence-corrected chi connectivity index (χ0v) is 15.6. The fourth-order valence-corrected chi connectivity index (χ4v) is 4.57. The van der Waals surface area contributed by atoms with Crippen LogP contribution in [0, 0.1) is 19.8 Å². The molecule has 1 aliphatic carbocycles. The zero-order chi connectivity index (χ0) is 18.1. The van der Waals surface area contributed by atoms with Gasteiger partial charge < -0.3 is 9.84 Å². The van der Waals surface area contributed by atoms with E-state index in [9.17, 15) is 4.79 Å². The van der Waals surface area contributed by atoms with Gasteiger partial charge in [0.25, 0.3) is 0 Å². The Labute approximate surface area is 155 Å². The monoisotopic (exact) mass is 368 g/mol. The predicted molar refractivity (Wildman–Crippen MR) is 98.7 cm³/mol. The Kier molecular flexibility index (Phi) is 4.55. The first-order valence-electron chi connectivity index (χ1n) is 8.71. The highest BCUT2D eigenvalue weighted by atomic mass is 32.1. The summed E-state index contributed by atoms with van der Waals surface area (Å²) in [4.78, 5) is 22.8. The maximum Gasteiger partial charge on any atom is 0.223 e. The number of pyridine rings is 1. The smallest absolute Gasteiger partial charge is 0.223 e. The van der Waals surface area contributed by atoms with Gasteiger partial charge >= 0.3 is 0 Å². The highest BCUT2D eigenvalue weighted by molar-refractivity contribution is 7.15. The van der Waals surface area contributed by atoms with Crippen molar-refractivity contribution < 1.29 is 9.32 Å². The van der Waals surface area contributed by atoms with E-state index in [1.165, 1.54) is 4.88 Å². The summed E-state index contributed by atoms with van der Waals surface area (Å²) in [6, 6.07) is 5.70. The van der Waals surface area contributed by atoms with E-state index in [1.807, 2.05) is 32.0 Å². The van der Waals surface area contributed by atoms with E-state index in [0.717, 1.165) is 46.3 Å². The topological polar surface area (TPSA) is 80.9 Å². The van der Waals surface area contributed by atoms with Crippen molar-refractivity contribution in [1.82, 2.24) is 20.4 Å². The molecule has 7 heteroatoms. The maximum absolute atomic E-state index is 12.5. The maximum atomic E-state index is 12.5. The van der Waals surface area contributed by atoms with Crippen molar-refractivity contribution in [1.29, 1.82) is 0 Å². The molecule has 3 aromatic rings. The molecule has 0 radical (unpaired) electrons. The van der Waals surface area contributed by atoms with Gasteiger partial charge in [0, 0.05) is 23.4 Å². The lowest BCUT2D eigenvalue weighted by atomic mass is 9.90. The molecule has 0 bridgehead atoms. The van der Waals surface area contributed by atoms with Crippen molar-refractivity contribution >= 4 is 17.2 Å². The molecule has 1 atom stereocenters. The SMILES string of the molecule is Cc1noc(C)c1-c1nc2c(s1)CCC(C(=O)NCc1ccccn1)C2. The Morgan fingerprint density at radius 3 is 3.00 bits per heavy atom. The lowest BCUT2D eigenvalue weighted by molar-refractivity contribution is -0.125. The van der Waals surface area contributed by atoms with Gasteiger partial charge in [-0.3, -0.25) is 9.78 Å². The molecule has 0 aromatic carbocycles. The molecule has 134 valence electrons. The molecular weight excluding hydrogens is 348 g/mol. The Balaban J connectivity index is 1.45. The van der Waals surface area contributed by atoms with Crippen LogP contribution in [0.25, 0.3) is 10.6 Å². The van der Waals surface area contributed by atoms with Gasteiger partial charge in [0.2, 0.25) is 5.91 Å². The third-order valence-corrected chi connectivity index (χ3v) is 5.90. The van der Waals surface area contributed by atoms with Crippen molar-refractivity contribution in [2.45, 2.75) is 39.7 Å². The largest absolute Gasteiger partial charge is 0.361 e. The van der Waals surface area contributed by atoms with Crippen LogP contribution in [0.5, 0.6) is 0 Å². The average Bonchev–Trinajstić information content (AvgIpc) is 3.22. The minimum Gasteiger partial charge on any atom is -0.361 e. The van der Waals surface area contributed by atoms with E-state index in [0.29, 0.717) is 13.0 Å². The van der Waals surface area contributed by atoms with Crippen LogP contribution in [-0.4, -0.2) is 21.0 Å². The van der Waals surface area contributed by atoms with Crippen molar-refractivity contribution in [2.75, 3.05) is 0 Å². The molecule has 0 saturated carbocycles. The molecule has 0 fully saturated rings. The first-order chi connectivity index (χ1) is 12.6. The van der Waals surface area contributed by atoms with E-state index >= 15 is 0 Å². The normalized spacial score (nSPS) is 16.3. The lowest BCUT2D eigenvalue weighted by Gasteiger charge is -2.20. The minimum atomic E-state index is -0.0363. The number of hydrogen-bond donors (Lipinski definition) is 1. The van der Waals surface area contributed by atoms with Gasteiger partial charge in [-0.05, 0) is 38.8 Å². The van der Waals surface area contributed by atoms with Crippen LogP contribution in [0.15, 0.2) is 28.9 Å². The molecule has 26 heavy (non-hydrogen) atoms. The van der Waals surface area contributed by atoms with Crippen molar-refractivity contribution in [3.8, 4) is 10.6 Å². The van der Waals surface area contributed by atoms with Crippen LogP contribution in [0.1, 0.15) is 34.1 Å². The van der Waals surface area contributed by atoms with Gasteiger partial charge in [-0.2, -0.15) is 0 Å². The van der Waals surface area contributed by atoms with E-state index < -0.39 is 0 Å². The van der Waals surface area contributed by atoms with E-state index in [4.69, 9.17) is 9.51 Å².